The molecule has 3 atom stereocenters. The maximum atomic E-state index is 13.6. The van der Waals surface area contributed by atoms with Crippen molar-refractivity contribution in [3.8, 4) is 11.5 Å². The van der Waals surface area contributed by atoms with Gasteiger partial charge in [-0.25, -0.2) is 0 Å². The first kappa shape index (κ1) is 23.5. The highest BCUT2D eigenvalue weighted by Gasteiger charge is 2.41. The molecule has 33 heavy (non-hydrogen) atoms. The van der Waals surface area contributed by atoms with Crippen LogP contribution in [0.15, 0.2) is 66.7 Å². The minimum Gasteiger partial charge on any atom is -0.497 e. The first-order chi connectivity index (χ1) is 15.9. The summed E-state index contributed by atoms with van der Waals surface area (Å²) < 4.78 is 11.0. The molecule has 0 aliphatic carbocycles. The number of hydrogen-bond acceptors (Lipinski definition) is 3. The fraction of sp³-hybridized carbons (Fsp3) is 0.296. The Bertz CT molecular complexity index is 1130. The topological polar surface area (TPSA) is 38.8 Å². The van der Waals surface area contributed by atoms with Gasteiger partial charge in [0.2, 0.25) is 5.91 Å². The molecule has 1 aliphatic heterocycles. The summed E-state index contributed by atoms with van der Waals surface area (Å²) >= 11 is 12.5. The number of benzene rings is 3. The number of likely N-dealkylation sites (tertiary alicyclic amines) is 1. The van der Waals surface area contributed by atoms with E-state index in [1.54, 1.807) is 14.2 Å². The molecule has 1 aliphatic rings. The lowest BCUT2D eigenvalue weighted by atomic mass is 9.76. The van der Waals surface area contributed by atoms with E-state index in [1.807, 2.05) is 72.5 Å². The average molecular weight is 484 g/mol. The molecule has 3 aromatic carbocycles. The summed E-state index contributed by atoms with van der Waals surface area (Å²) in [7, 11) is 3.25. The van der Waals surface area contributed by atoms with E-state index in [9.17, 15) is 4.79 Å². The fourth-order valence-corrected chi connectivity index (χ4v) is 5.04. The Balaban J connectivity index is 1.81. The Morgan fingerprint density at radius 1 is 0.909 bits per heavy atom. The Morgan fingerprint density at radius 3 is 2.33 bits per heavy atom. The van der Waals surface area contributed by atoms with Crippen molar-refractivity contribution in [2.75, 3.05) is 14.2 Å². The normalized spacial score (nSPS) is 20.6. The smallest absolute Gasteiger partial charge is 0.226 e. The lowest BCUT2D eigenvalue weighted by molar-refractivity contribution is -0.143. The van der Waals surface area contributed by atoms with Crippen LogP contribution in [0.2, 0.25) is 10.0 Å². The minimum absolute atomic E-state index is 0.0850. The predicted octanol–water partition coefficient (Wildman–Crippen LogP) is 6.90. The fourth-order valence-electron chi connectivity index (χ4n) is 4.72. The summed E-state index contributed by atoms with van der Waals surface area (Å²) in [5.74, 6) is 1.48. The lowest BCUT2D eigenvalue weighted by Gasteiger charge is -2.44. The third kappa shape index (κ3) is 4.97. The van der Waals surface area contributed by atoms with E-state index >= 15 is 0 Å². The van der Waals surface area contributed by atoms with Crippen LogP contribution in [0, 0.1) is 5.92 Å². The molecule has 0 radical (unpaired) electrons. The molecule has 0 saturated carbocycles. The van der Waals surface area contributed by atoms with Gasteiger partial charge in [0.05, 0.1) is 20.3 Å². The quantitative estimate of drug-likeness (QED) is 0.382. The summed E-state index contributed by atoms with van der Waals surface area (Å²) in [5.41, 5.74) is 3.08. The second-order valence-electron chi connectivity index (χ2n) is 8.44. The van der Waals surface area contributed by atoms with Gasteiger partial charge >= 0.3 is 0 Å². The zero-order valence-electron chi connectivity index (χ0n) is 18.9. The molecule has 0 aromatic heterocycles. The van der Waals surface area contributed by atoms with Crippen molar-refractivity contribution in [3.05, 3.63) is 93.5 Å². The highest BCUT2D eigenvalue weighted by Crippen LogP contribution is 2.46. The van der Waals surface area contributed by atoms with E-state index < -0.39 is 0 Å². The van der Waals surface area contributed by atoms with Crippen LogP contribution in [0.25, 0.3) is 0 Å². The SMILES string of the molecule is COc1ccc(CN2C(=O)C(C)CC(c3cccc(Cl)c3)C2c2ccc(Cl)cc2)c(OC)c1. The molecule has 3 aromatic rings. The second kappa shape index (κ2) is 10.1. The molecule has 1 fully saturated rings. The number of nitrogens with zero attached hydrogens (tertiary/aromatic N) is 1. The van der Waals surface area contributed by atoms with Gasteiger partial charge in [-0.05, 0) is 53.9 Å². The Morgan fingerprint density at radius 2 is 1.67 bits per heavy atom. The second-order valence-corrected chi connectivity index (χ2v) is 9.31. The van der Waals surface area contributed by atoms with Gasteiger partial charge in [0.25, 0.3) is 0 Å². The highest BCUT2D eigenvalue weighted by atomic mass is 35.5. The van der Waals surface area contributed by atoms with E-state index in [0.29, 0.717) is 28.1 Å². The third-order valence-corrected chi connectivity index (χ3v) is 6.84. The summed E-state index contributed by atoms with van der Waals surface area (Å²) in [6.07, 6.45) is 0.739. The number of piperidine rings is 1. The van der Waals surface area contributed by atoms with Crippen molar-refractivity contribution in [1.82, 2.24) is 4.90 Å². The first-order valence-corrected chi connectivity index (χ1v) is 11.7. The van der Waals surface area contributed by atoms with Crippen molar-refractivity contribution < 1.29 is 14.3 Å². The van der Waals surface area contributed by atoms with Crippen LogP contribution in [-0.2, 0) is 11.3 Å². The molecule has 4 nitrogen and oxygen atoms in total. The molecule has 0 bridgehead atoms. The summed E-state index contributed by atoms with van der Waals surface area (Å²) in [6, 6.07) is 21.2. The Labute approximate surface area is 205 Å². The van der Waals surface area contributed by atoms with Gasteiger partial charge in [0.15, 0.2) is 0 Å². The molecule has 0 spiro atoms. The van der Waals surface area contributed by atoms with Crippen LogP contribution >= 0.6 is 23.2 Å². The van der Waals surface area contributed by atoms with Crippen molar-refractivity contribution >= 4 is 29.1 Å². The summed E-state index contributed by atoms with van der Waals surface area (Å²) in [6.45, 7) is 2.41. The largest absolute Gasteiger partial charge is 0.497 e. The van der Waals surface area contributed by atoms with E-state index in [-0.39, 0.29) is 23.8 Å². The zero-order chi connectivity index (χ0) is 23.5. The van der Waals surface area contributed by atoms with Gasteiger partial charge in [0, 0.05) is 40.1 Å². The van der Waals surface area contributed by atoms with Crippen LogP contribution < -0.4 is 9.47 Å². The van der Waals surface area contributed by atoms with Crippen LogP contribution in [0.5, 0.6) is 11.5 Å². The van der Waals surface area contributed by atoms with Crippen LogP contribution in [0.1, 0.15) is 42.0 Å². The van der Waals surface area contributed by atoms with E-state index in [4.69, 9.17) is 32.7 Å². The highest BCUT2D eigenvalue weighted by molar-refractivity contribution is 6.30. The van der Waals surface area contributed by atoms with Crippen LogP contribution in [-0.4, -0.2) is 25.0 Å². The molecule has 4 rings (SSSR count). The summed E-state index contributed by atoms with van der Waals surface area (Å²) in [4.78, 5) is 15.5. The maximum absolute atomic E-state index is 13.6. The number of methoxy groups -OCH3 is 2. The Hall–Kier alpha value is -2.69. The zero-order valence-corrected chi connectivity index (χ0v) is 20.4. The number of ether oxygens (including phenoxy) is 2. The minimum atomic E-state index is -0.170. The number of carbonyl (C=O) groups is 1. The molecular weight excluding hydrogens is 457 g/mol. The Kier molecular flexibility index (Phi) is 7.16. The van der Waals surface area contributed by atoms with Crippen LogP contribution in [0.4, 0.5) is 0 Å². The maximum Gasteiger partial charge on any atom is 0.226 e. The van der Waals surface area contributed by atoms with Crippen LogP contribution in [0.3, 0.4) is 0 Å². The van der Waals surface area contributed by atoms with Gasteiger partial charge in [-0.2, -0.15) is 0 Å². The van der Waals surface area contributed by atoms with Gasteiger partial charge in [-0.15, -0.1) is 0 Å². The van der Waals surface area contributed by atoms with Crippen molar-refractivity contribution in [3.63, 3.8) is 0 Å². The molecule has 1 heterocycles. The molecule has 6 heteroatoms. The number of halogens is 2. The van der Waals surface area contributed by atoms with Crippen molar-refractivity contribution in [2.24, 2.45) is 5.92 Å². The number of rotatable bonds is 6. The van der Waals surface area contributed by atoms with Gasteiger partial charge in [0.1, 0.15) is 11.5 Å². The lowest BCUT2D eigenvalue weighted by Crippen LogP contribution is -2.45. The van der Waals surface area contributed by atoms with Crippen molar-refractivity contribution in [2.45, 2.75) is 31.8 Å². The van der Waals surface area contributed by atoms with Gasteiger partial charge in [-0.3, -0.25) is 4.79 Å². The number of carbonyl (C=O) groups excluding carboxylic acids is 1. The molecule has 3 unspecified atom stereocenters. The standard InChI is InChI=1S/C27H27Cl2NO3/c1-17-13-24(19-5-4-6-22(29)14-19)26(18-7-10-21(28)11-8-18)30(27(17)31)16-20-9-12-23(32-2)15-25(20)33-3/h4-12,14-15,17,24,26H,13,16H2,1-3H3. The monoisotopic (exact) mass is 483 g/mol. The van der Waals surface area contributed by atoms with E-state index in [0.717, 1.165) is 23.1 Å². The summed E-state index contributed by atoms with van der Waals surface area (Å²) in [5, 5.41) is 1.35. The van der Waals surface area contributed by atoms with Gasteiger partial charge < -0.3 is 14.4 Å². The van der Waals surface area contributed by atoms with Gasteiger partial charge in [-0.1, -0.05) is 54.4 Å². The molecule has 172 valence electrons. The molecule has 1 saturated heterocycles. The third-order valence-electron chi connectivity index (χ3n) is 6.35. The molecule has 1 amide bonds. The number of hydrogen-bond donors (Lipinski definition) is 0. The average Bonchev–Trinajstić information content (AvgIpc) is 2.82. The molecular formula is C27H27Cl2NO3. The first-order valence-electron chi connectivity index (χ1n) is 10.9. The van der Waals surface area contributed by atoms with E-state index in [1.165, 1.54) is 0 Å². The van der Waals surface area contributed by atoms with Crippen molar-refractivity contribution in [1.29, 1.82) is 0 Å². The van der Waals surface area contributed by atoms with E-state index in [2.05, 4.69) is 6.07 Å². The predicted molar refractivity (Wildman–Crippen MR) is 132 cm³/mol. The molecule has 0 N–H and O–H groups in total. The number of amides is 1.